The molecule has 0 atom stereocenters. The monoisotopic (exact) mass is 425 g/mol. The molecule has 4 bridgehead atoms. The van der Waals surface area contributed by atoms with Crippen molar-refractivity contribution < 1.29 is 12.8 Å². The van der Waals surface area contributed by atoms with Gasteiger partial charge in [-0.05, 0) is 104 Å². The molecule has 0 heterocycles. The number of benzene rings is 2. The number of halogens is 1. The van der Waals surface area contributed by atoms with Gasteiger partial charge in [-0.25, -0.2) is 12.8 Å². The predicted molar refractivity (Wildman–Crippen MR) is 117 cm³/mol. The molecule has 30 heavy (non-hydrogen) atoms. The largest absolute Gasteiger partial charge is 0.264 e. The Bertz CT molecular complexity index is 1010. The van der Waals surface area contributed by atoms with Gasteiger partial charge in [0.2, 0.25) is 0 Å². The van der Waals surface area contributed by atoms with Crippen LogP contribution < -0.4 is 4.31 Å². The average molecular weight is 426 g/mol. The second-order valence-electron chi connectivity index (χ2n) is 9.52. The molecule has 0 amide bonds. The SMILES string of the molecule is C=CCN(c1ccc(C23CC4CC(CC(C4)C2)C3)cc1)S(=O)(=O)c1ccc(F)cc1. The van der Waals surface area contributed by atoms with Crippen LogP contribution in [0.1, 0.15) is 44.1 Å². The quantitative estimate of drug-likeness (QED) is 0.559. The van der Waals surface area contributed by atoms with Crippen LogP contribution >= 0.6 is 0 Å². The second-order valence-corrected chi connectivity index (χ2v) is 11.4. The minimum absolute atomic E-state index is 0.0795. The van der Waals surface area contributed by atoms with Gasteiger partial charge in [-0.15, -0.1) is 6.58 Å². The van der Waals surface area contributed by atoms with Gasteiger partial charge in [0.25, 0.3) is 10.0 Å². The summed E-state index contributed by atoms with van der Waals surface area (Å²) in [5.41, 5.74) is 2.27. The Morgan fingerprint density at radius 2 is 1.47 bits per heavy atom. The summed E-state index contributed by atoms with van der Waals surface area (Å²) in [4.78, 5) is 0.0795. The van der Waals surface area contributed by atoms with E-state index in [1.165, 1.54) is 72.7 Å². The second kappa shape index (κ2) is 7.23. The number of hydrogen-bond donors (Lipinski definition) is 0. The van der Waals surface area contributed by atoms with E-state index >= 15 is 0 Å². The molecule has 0 spiro atoms. The number of rotatable bonds is 6. The Morgan fingerprint density at radius 3 is 1.97 bits per heavy atom. The predicted octanol–water partition coefficient (Wildman–Crippen LogP) is 5.67. The van der Waals surface area contributed by atoms with E-state index < -0.39 is 15.8 Å². The van der Waals surface area contributed by atoms with Crippen molar-refractivity contribution in [1.82, 2.24) is 0 Å². The van der Waals surface area contributed by atoms with Crippen molar-refractivity contribution in [3.63, 3.8) is 0 Å². The van der Waals surface area contributed by atoms with E-state index in [0.717, 1.165) is 17.8 Å². The van der Waals surface area contributed by atoms with E-state index in [2.05, 4.69) is 18.7 Å². The molecule has 4 aliphatic rings. The lowest BCUT2D eigenvalue weighted by atomic mass is 9.48. The lowest BCUT2D eigenvalue weighted by Gasteiger charge is -2.57. The summed E-state index contributed by atoms with van der Waals surface area (Å²) in [6, 6.07) is 13.1. The lowest BCUT2D eigenvalue weighted by molar-refractivity contribution is -0.00518. The molecule has 5 heteroatoms. The molecular formula is C25H28FNO2S. The zero-order valence-corrected chi connectivity index (χ0v) is 18.0. The number of anilines is 1. The normalized spacial score (nSPS) is 29.7. The Kier molecular flexibility index (Phi) is 4.77. The molecule has 0 aromatic heterocycles. The van der Waals surface area contributed by atoms with Gasteiger partial charge >= 0.3 is 0 Å². The van der Waals surface area contributed by atoms with E-state index in [1.807, 2.05) is 12.1 Å². The van der Waals surface area contributed by atoms with Gasteiger partial charge in [0.1, 0.15) is 5.82 Å². The summed E-state index contributed by atoms with van der Waals surface area (Å²) in [6.45, 7) is 3.89. The molecule has 4 fully saturated rings. The van der Waals surface area contributed by atoms with E-state index in [-0.39, 0.29) is 16.9 Å². The van der Waals surface area contributed by atoms with E-state index in [0.29, 0.717) is 5.69 Å². The molecule has 0 N–H and O–H groups in total. The molecule has 2 aromatic carbocycles. The molecule has 4 aliphatic carbocycles. The summed E-state index contributed by atoms with van der Waals surface area (Å²) < 4.78 is 41.0. The summed E-state index contributed by atoms with van der Waals surface area (Å²) in [5.74, 6) is 2.15. The van der Waals surface area contributed by atoms with Crippen LogP contribution in [0.3, 0.4) is 0 Å². The third kappa shape index (κ3) is 3.27. The van der Waals surface area contributed by atoms with Gasteiger partial charge in [0.05, 0.1) is 17.1 Å². The fourth-order valence-corrected chi connectivity index (χ4v) is 8.07. The first-order valence-corrected chi connectivity index (χ1v) is 12.3. The molecule has 158 valence electrons. The van der Waals surface area contributed by atoms with Gasteiger partial charge < -0.3 is 0 Å². The van der Waals surface area contributed by atoms with E-state index in [4.69, 9.17) is 0 Å². The zero-order valence-electron chi connectivity index (χ0n) is 17.1. The summed E-state index contributed by atoms with van der Waals surface area (Å²) in [5, 5.41) is 0. The maximum Gasteiger partial charge on any atom is 0.264 e. The molecular weight excluding hydrogens is 397 g/mol. The van der Waals surface area contributed by atoms with Gasteiger partial charge in [0, 0.05) is 0 Å². The highest BCUT2D eigenvalue weighted by molar-refractivity contribution is 7.92. The van der Waals surface area contributed by atoms with Gasteiger partial charge in [0.15, 0.2) is 0 Å². The van der Waals surface area contributed by atoms with Crippen molar-refractivity contribution in [2.75, 3.05) is 10.8 Å². The van der Waals surface area contributed by atoms with Crippen LogP contribution in [0.2, 0.25) is 0 Å². The third-order valence-corrected chi connectivity index (χ3v) is 9.31. The van der Waals surface area contributed by atoms with E-state index in [9.17, 15) is 12.8 Å². The van der Waals surface area contributed by atoms with Crippen molar-refractivity contribution in [3.05, 3.63) is 72.6 Å². The van der Waals surface area contributed by atoms with Crippen molar-refractivity contribution >= 4 is 15.7 Å². The zero-order chi connectivity index (χ0) is 20.9. The highest BCUT2D eigenvalue weighted by Gasteiger charge is 2.51. The maximum absolute atomic E-state index is 13.3. The lowest BCUT2D eigenvalue weighted by Crippen LogP contribution is -2.48. The smallest absolute Gasteiger partial charge is 0.263 e. The Morgan fingerprint density at radius 1 is 0.933 bits per heavy atom. The fraction of sp³-hybridized carbons (Fsp3) is 0.440. The molecule has 2 aromatic rings. The number of hydrogen-bond acceptors (Lipinski definition) is 2. The minimum Gasteiger partial charge on any atom is -0.263 e. The van der Waals surface area contributed by atoms with E-state index in [1.54, 1.807) is 6.08 Å². The molecule has 0 unspecified atom stereocenters. The molecule has 4 saturated carbocycles. The third-order valence-electron chi connectivity index (χ3n) is 7.50. The standard InChI is InChI=1S/C25H28FNO2S/c1-2-11-27(30(28,29)24-9-5-22(26)6-10-24)23-7-3-21(4-8-23)25-15-18-12-19(16-25)14-20(13-18)17-25/h2-10,18-20H,1,11-17H2. The van der Waals surface area contributed by atoms with Crippen LogP contribution in [0.5, 0.6) is 0 Å². The van der Waals surface area contributed by atoms with Crippen LogP contribution in [-0.4, -0.2) is 15.0 Å². The van der Waals surface area contributed by atoms with Gasteiger partial charge in [-0.3, -0.25) is 4.31 Å². The van der Waals surface area contributed by atoms with Gasteiger partial charge in [-0.2, -0.15) is 0 Å². The first-order chi connectivity index (χ1) is 14.4. The highest BCUT2D eigenvalue weighted by Crippen LogP contribution is 2.60. The Hall–Kier alpha value is -2.14. The van der Waals surface area contributed by atoms with Crippen molar-refractivity contribution in [3.8, 4) is 0 Å². The van der Waals surface area contributed by atoms with Crippen molar-refractivity contribution in [1.29, 1.82) is 0 Å². The Labute approximate surface area is 178 Å². The summed E-state index contributed by atoms with van der Waals surface area (Å²) in [6.07, 6.45) is 9.63. The van der Waals surface area contributed by atoms with Crippen LogP contribution in [0, 0.1) is 23.6 Å². The Balaban J connectivity index is 1.46. The molecule has 6 rings (SSSR count). The van der Waals surface area contributed by atoms with Crippen LogP contribution in [0.4, 0.5) is 10.1 Å². The summed E-state index contributed by atoms with van der Waals surface area (Å²) >= 11 is 0. The average Bonchev–Trinajstić information content (AvgIpc) is 2.71. The first-order valence-electron chi connectivity index (χ1n) is 10.9. The van der Waals surface area contributed by atoms with Crippen molar-refractivity contribution in [2.45, 2.75) is 48.8 Å². The maximum atomic E-state index is 13.3. The van der Waals surface area contributed by atoms with Crippen LogP contribution in [-0.2, 0) is 15.4 Å². The van der Waals surface area contributed by atoms with Gasteiger partial charge in [-0.1, -0.05) is 18.2 Å². The van der Waals surface area contributed by atoms with Crippen LogP contribution in [0.15, 0.2) is 66.1 Å². The first kappa shape index (κ1) is 19.8. The van der Waals surface area contributed by atoms with Crippen LogP contribution in [0.25, 0.3) is 0 Å². The highest BCUT2D eigenvalue weighted by atomic mass is 32.2. The topological polar surface area (TPSA) is 37.4 Å². The number of sulfonamides is 1. The minimum atomic E-state index is -3.80. The fourth-order valence-electron chi connectivity index (χ4n) is 6.64. The number of nitrogens with zero attached hydrogens (tertiary/aromatic N) is 1. The summed E-state index contributed by atoms with van der Waals surface area (Å²) in [7, 11) is -3.80. The molecule has 3 nitrogen and oxygen atoms in total. The molecule has 0 aliphatic heterocycles. The molecule has 0 saturated heterocycles. The van der Waals surface area contributed by atoms with Crippen molar-refractivity contribution in [2.24, 2.45) is 17.8 Å². The molecule has 0 radical (unpaired) electrons.